The molecule has 1 aromatic rings. The van der Waals surface area contributed by atoms with E-state index in [9.17, 15) is 14.4 Å². The molecular formula is C18H21ClN2O4. The molecule has 1 aliphatic carbocycles. The minimum Gasteiger partial charge on any atom is -0.379 e. The lowest BCUT2D eigenvalue weighted by molar-refractivity contribution is -0.145. The lowest BCUT2D eigenvalue weighted by Gasteiger charge is -2.37. The fourth-order valence-electron chi connectivity index (χ4n) is 3.61. The molecular weight excluding hydrogens is 344 g/mol. The first-order valence-corrected chi connectivity index (χ1v) is 8.82. The molecule has 0 unspecified atom stereocenters. The molecule has 4 amide bonds. The summed E-state index contributed by atoms with van der Waals surface area (Å²) in [4.78, 5) is 39.7. The van der Waals surface area contributed by atoms with Crippen LogP contribution < -0.4 is 0 Å². The third-order valence-electron chi connectivity index (χ3n) is 4.87. The summed E-state index contributed by atoms with van der Waals surface area (Å²) in [5.74, 6) is -0.872. The van der Waals surface area contributed by atoms with E-state index < -0.39 is 17.8 Å². The molecule has 7 heteroatoms. The van der Waals surface area contributed by atoms with Gasteiger partial charge in [0.05, 0.1) is 12.1 Å². The molecule has 3 rings (SSSR count). The van der Waals surface area contributed by atoms with Gasteiger partial charge in [0.25, 0.3) is 0 Å². The van der Waals surface area contributed by atoms with Crippen molar-refractivity contribution in [2.45, 2.75) is 44.2 Å². The molecule has 6 nitrogen and oxygen atoms in total. The average molecular weight is 365 g/mol. The molecule has 0 N–H and O–H groups in total. The summed E-state index contributed by atoms with van der Waals surface area (Å²) in [6, 6.07) is 6.49. The zero-order chi connectivity index (χ0) is 18.0. The summed E-state index contributed by atoms with van der Waals surface area (Å²) >= 11 is 5.97. The first kappa shape index (κ1) is 17.9. The number of nitrogens with zero attached hydrogens (tertiary/aromatic N) is 2. The number of ether oxygens (including phenoxy) is 1. The number of amides is 4. The Morgan fingerprint density at radius 1 is 1.20 bits per heavy atom. The summed E-state index contributed by atoms with van der Waals surface area (Å²) in [7, 11) is 1.59. The van der Waals surface area contributed by atoms with Crippen molar-refractivity contribution in [2.24, 2.45) is 0 Å². The van der Waals surface area contributed by atoms with E-state index in [4.69, 9.17) is 16.3 Å². The summed E-state index contributed by atoms with van der Waals surface area (Å²) in [5, 5.41) is 0.611. The van der Waals surface area contributed by atoms with Crippen molar-refractivity contribution in [3.05, 3.63) is 34.9 Å². The van der Waals surface area contributed by atoms with E-state index in [1.807, 2.05) is 12.1 Å². The molecule has 1 saturated carbocycles. The highest BCUT2D eigenvalue weighted by atomic mass is 35.5. The van der Waals surface area contributed by atoms with Crippen LogP contribution in [-0.2, 0) is 20.7 Å². The van der Waals surface area contributed by atoms with Gasteiger partial charge in [-0.05, 0) is 43.4 Å². The lowest BCUT2D eigenvalue weighted by Crippen LogP contribution is -2.60. The number of barbiturate groups is 1. The van der Waals surface area contributed by atoms with Gasteiger partial charge in [-0.25, -0.2) is 4.79 Å². The van der Waals surface area contributed by atoms with Crippen LogP contribution in [0.5, 0.6) is 0 Å². The van der Waals surface area contributed by atoms with E-state index in [-0.39, 0.29) is 25.1 Å². The number of carbonyl (C=O) groups excluding carboxylic acids is 3. The molecule has 0 aromatic heterocycles. The molecule has 1 aliphatic heterocycles. The van der Waals surface area contributed by atoms with Gasteiger partial charge in [-0.15, -0.1) is 0 Å². The van der Waals surface area contributed by atoms with Crippen LogP contribution in [0.3, 0.4) is 0 Å². The maximum Gasteiger partial charge on any atom is 0.333 e. The molecule has 134 valence electrons. The Labute approximate surface area is 151 Å². The van der Waals surface area contributed by atoms with Crippen LogP contribution in [0.2, 0.25) is 5.02 Å². The van der Waals surface area contributed by atoms with Gasteiger partial charge in [0.15, 0.2) is 0 Å². The SMILES string of the molecule is CO[C@H]1CCC[C@@H]1N1C(=O)CC(=O)N(CCc2cccc(Cl)c2)C1=O. The Balaban J connectivity index is 1.74. The van der Waals surface area contributed by atoms with Crippen molar-refractivity contribution in [3.63, 3.8) is 0 Å². The first-order valence-electron chi connectivity index (χ1n) is 8.45. The second-order valence-electron chi connectivity index (χ2n) is 6.42. The van der Waals surface area contributed by atoms with Gasteiger partial charge in [0.1, 0.15) is 6.42 Å². The summed E-state index contributed by atoms with van der Waals surface area (Å²) in [6.07, 6.45) is 2.50. The quantitative estimate of drug-likeness (QED) is 0.753. The molecule has 2 fully saturated rings. The largest absolute Gasteiger partial charge is 0.379 e. The number of urea groups is 1. The van der Waals surface area contributed by atoms with Crippen molar-refractivity contribution >= 4 is 29.4 Å². The number of methoxy groups -OCH3 is 1. The first-order chi connectivity index (χ1) is 12.0. The fourth-order valence-corrected chi connectivity index (χ4v) is 3.82. The lowest BCUT2D eigenvalue weighted by atomic mass is 10.1. The average Bonchev–Trinajstić information content (AvgIpc) is 3.02. The number of hydrogen-bond donors (Lipinski definition) is 0. The molecule has 25 heavy (non-hydrogen) atoms. The second kappa shape index (κ2) is 7.54. The van der Waals surface area contributed by atoms with Gasteiger partial charge in [0, 0.05) is 18.7 Å². The normalized spacial score (nSPS) is 24.3. The van der Waals surface area contributed by atoms with Crippen molar-refractivity contribution in [1.82, 2.24) is 9.80 Å². The predicted molar refractivity (Wildman–Crippen MR) is 92.2 cm³/mol. The Kier molecular flexibility index (Phi) is 5.39. The Hall–Kier alpha value is -1.92. The van der Waals surface area contributed by atoms with Crippen molar-refractivity contribution < 1.29 is 19.1 Å². The number of rotatable bonds is 5. The number of hydrogen-bond acceptors (Lipinski definition) is 4. The highest BCUT2D eigenvalue weighted by Gasteiger charge is 2.45. The van der Waals surface area contributed by atoms with Crippen molar-refractivity contribution in [3.8, 4) is 0 Å². The van der Waals surface area contributed by atoms with Crippen LogP contribution in [0.25, 0.3) is 0 Å². The highest BCUT2D eigenvalue weighted by Crippen LogP contribution is 2.29. The maximum atomic E-state index is 12.8. The Morgan fingerprint density at radius 3 is 2.72 bits per heavy atom. The number of benzene rings is 1. The topological polar surface area (TPSA) is 66.9 Å². The fraction of sp³-hybridized carbons (Fsp3) is 0.500. The predicted octanol–water partition coefficient (Wildman–Crippen LogP) is 2.63. The highest BCUT2D eigenvalue weighted by molar-refractivity contribution is 6.30. The molecule has 1 aromatic carbocycles. The smallest absolute Gasteiger partial charge is 0.333 e. The molecule has 0 radical (unpaired) electrons. The Morgan fingerprint density at radius 2 is 2.00 bits per heavy atom. The van der Waals surface area contributed by atoms with Gasteiger partial charge < -0.3 is 4.74 Å². The van der Waals surface area contributed by atoms with Crippen LogP contribution in [0.4, 0.5) is 4.79 Å². The van der Waals surface area contributed by atoms with Crippen LogP contribution in [0, 0.1) is 0 Å². The third-order valence-corrected chi connectivity index (χ3v) is 5.11. The van der Waals surface area contributed by atoms with Gasteiger partial charge in [0.2, 0.25) is 11.8 Å². The Bertz CT molecular complexity index is 693. The van der Waals surface area contributed by atoms with Gasteiger partial charge in [-0.1, -0.05) is 23.7 Å². The summed E-state index contributed by atoms with van der Waals surface area (Å²) in [6.45, 7) is 0.228. The molecule has 0 spiro atoms. The summed E-state index contributed by atoms with van der Waals surface area (Å²) in [5.41, 5.74) is 0.937. The number of carbonyl (C=O) groups is 3. The van der Waals surface area contributed by atoms with E-state index in [0.29, 0.717) is 17.9 Å². The minimum atomic E-state index is -0.530. The van der Waals surface area contributed by atoms with E-state index >= 15 is 0 Å². The van der Waals surface area contributed by atoms with E-state index in [1.54, 1.807) is 19.2 Å². The van der Waals surface area contributed by atoms with Crippen molar-refractivity contribution in [2.75, 3.05) is 13.7 Å². The van der Waals surface area contributed by atoms with Crippen LogP contribution in [0.15, 0.2) is 24.3 Å². The van der Waals surface area contributed by atoms with Gasteiger partial charge in [-0.2, -0.15) is 0 Å². The maximum absolute atomic E-state index is 12.8. The number of imide groups is 2. The number of halogens is 1. The molecule has 1 heterocycles. The van der Waals surface area contributed by atoms with Gasteiger partial charge in [-0.3, -0.25) is 19.4 Å². The van der Waals surface area contributed by atoms with Gasteiger partial charge >= 0.3 is 6.03 Å². The minimum absolute atomic E-state index is 0.157. The second-order valence-corrected chi connectivity index (χ2v) is 6.86. The third kappa shape index (κ3) is 3.70. The van der Waals surface area contributed by atoms with E-state index in [1.165, 1.54) is 9.80 Å². The van der Waals surface area contributed by atoms with Crippen molar-refractivity contribution in [1.29, 1.82) is 0 Å². The molecule has 2 aliphatic rings. The van der Waals surface area contributed by atoms with Crippen LogP contribution >= 0.6 is 11.6 Å². The van der Waals surface area contributed by atoms with Crippen LogP contribution in [-0.4, -0.2) is 53.4 Å². The zero-order valence-corrected chi connectivity index (χ0v) is 14.9. The van der Waals surface area contributed by atoms with E-state index in [2.05, 4.69) is 0 Å². The summed E-state index contributed by atoms with van der Waals surface area (Å²) < 4.78 is 5.41. The monoisotopic (exact) mass is 364 g/mol. The molecule has 0 bridgehead atoms. The van der Waals surface area contributed by atoms with E-state index in [0.717, 1.165) is 18.4 Å². The molecule has 2 atom stereocenters. The zero-order valence-electron chi connectivity index (χ0n) is 14.1. The standard InChI is InChI=1S/C18H21ClN2O4/c1-25-15-7-3-6-14(15)21-17(23)11-16(22)20(18(21)24)9-8-12-4-2-5-13(19)10-12/h2,4-5,10,14-15H,3,6-9,11H2,1H3/t14-,15-/m0/s1. The van der Waals surface area contributed by atoms with Crippen LogP contribution in [0.1, 0.15) is 31.2 Å². The molecule has 1 saturated heterocycles.